The summed E-state index contributed by atoms with van der Waals surface area (Å²) in [7, 11) is 2.57. The van der Waals surface area contributed by atoms with Gasteiger partial charge in [0.15, 0.2) is 0 Å². The molecule has 254 valence electrons. The number of carbonyl (C=O) groups excluding carboxylic acids is 2. The number of ether oxygens (including phenoxy) is 1. The number of nitrogens with one attached hydrogen (secondary N) is 1. The quantitative estimate of drug-likeness (QED) is 0.190. The second kappa shape index (κ2) is 11.9. The number of halogens is 6. The summed E-state index contributed by atoms with van der Waals surface area (Å²) in [6.45, 7) is 0.848. The van der Waals surface area contributed by atoms with Crippen molar-refractivity contribution in [2.75, 3.05) is 26.7 Å². The van der Waals surface area contributed by atoms with Crippen molar-refractivity contribution in [3.8, 4) is 11.1 Å². The molecule has 3 aromatic carbocycles. The molecular formula is C35H33F6N3O4. The van der Waals surface area contributed by atoms with Gasteiger partial charge in [-0.25, -0.2) is 4.79 Å². The first-order chi connectivity index (χ1) is 22.5. The first-order valence-electron chi connectivity index (χ1n) is 15.4. The van der Waals surface area contributed by atoms with E-state index in [4.69, 9.17) is 4.74 Å². The van der Waals surface area contributed by atoms with Crippen molar-refractivity contribution < 1.29 is 40.7 Å². The molecule has 13 heteroatoms. The van der Waals surface area contributed by atoms with Gasteiger partial charge in [-0.3, -0.25) is 14.5 Å². The van der Waals surface area contributed by atoms with E-state index in [2.05, 4.69) is 5.32 Å². The first kappa shape index (κ1) is 33.5. The molecule has 1 amide bonds. The number of hydrogen-bond acceptors (Lipinski definition) is 5. The summed E-state index contributed by atoms with van der Waals surface area (Å²) >= 11 is 0. The summed E-state index contributed by atoms with van der Waals surface area (Å²) in [5.74, 6) is -1.89. The summed E-state index contributed by atoms with van der Waals surface area (Å²) in [6.07, 6.45) is -8.71. The van der Waals surface area contributed by atoms with Gasteiger partial charge in [-0.2, -0.15) is 26.3 Å². The number of nitrogens with zero attached hydrogens (tertiary/aromatic N) is 2. The van der Waals surface area contributed by atoms with Crippen molar-refractivity contribution in [1.29, 1.82) is 0 Å². The number of aryl methyl sites for hydroxylation is 1. The number of alkyl halides is 6. The molecule has 1 aromatic heterocycles. The molecular weight excluding hydrogens is 640 g/mol. The Bertz CT molecular complexity index is 1970. The van der Waals surface area contributed by atoms with Crippen LogP contribution in [0.5, 0.6) is 0 Å². The number of pyridine rings is 1. The highest BCUT2D eigenvalue weighted by Gasteiger charge is 2.60. The molecule has 3 atom stereocenters. The molecule has 2 heterocycles. The van der Waals surface area contributed by atoms with E-state index in [0.29, 0.717) is 22.8 Å². The number of fused-ring (bicyclic) bond motifs is 4. The number of hydrogen-bond donors (Lipinski definition) is 1. The number of benzene rings is 3. The maximum Gasteiger partial charge on any atom is 0.417 e. The third-order valence-corrected chi connectivity index (χ3v) is 10.2. The van der Waals surface area contributed by atoms with Gasteiger partial charge in [0.25, 0.3) is 5.56 Å². The molecule has 4 aromatic rings. The molecule has 6 rings (SSSR count). The van der Waals surface area contributed by atoms with E-state index in [1.807, 2.05) is 0 Å². The number of rotatable bonds is 7. The lowest BCUT2D eigenvalue weighted by Crippen LogP contribution is -2.68. The molecule has 2 bridgehead atoms. The zero-order valence-corrected chi connectivity index (χ0v) is 26.3. The third-order valence-electron chi connectivity index (χ3n) is 10.2. The Kier molecular flexibility index (Phi) is 8.33. The summed E-state index contributed by atoms with van der Waals surface area (Å²) in [5.41, 5.74) is -2.67. The standard InChI is InChI=1S/C35H33F6N3O4/c1-33(20-15-21(33)17-44(16-20)18-34(36,37)38)32(47)42-26(31(46)48-3)14-19-8-6-11-23-22(19)10-7-12-24(23)28-29(35(39,40)41)25-9-4-5-13-27(25)43(2)30(28)45/h4-13,20-21,26H,14-18H2,1-3H3,(H,42,47)/t20?,21?,26-,33?/m0/s1. The number of piperidine rings is 2. The largest absolute Gasteiger partial charge is 0.467 e. The zero-order chi connectivity index (χ0) is 34.8. The smallest absolute Gasteiger partial charge is 0.417 e. The Morgan fingerprint density at radius 3 is 2.21 bits per heavy atom. The highest BCUT2D eigenvalue weighted by molar-refractivity contribution is 6.02. The molecule has 1 saturated carbocycles. The minimum atomic E-state index is -4.86. The highest BCUT2D eigenvalue weighted by atomic mass is 19.4. The van der Waals surface area contributed by atoms with Crippen molar-refractivity contribution in [2.45, 2.75) is 38.2 Å². The third kappa shape index (κ3) is 5.71. The second-order valence-corrected chi connectivity index (χ2v) is 12.9. The molecule has 2 fully saturated rings. The second-order valence-electron chi connectivity index (χ2n) is 12.9. The van der Waals surface area contributed by atoms with Crippen molar-refractivity contribution in [3.05, 3.63) is 82.1 Å². The topological polar surface area (TPSA) is 80.6 Å². The van der Waals surface area contributed by atoms with Gasteiger partial charge in [-0.15, -0.1) is 0 Å². The first-order valence-corrected chi connectivity index (χ1v) is 15.4. The molecule has 1 saturated heterocycles. The van der Waals surface area contributed by atoms with Gasteiger partial charge >= 0.3 is 18.3 Å². The summed E-state index contributed by atoms with van der Waals surface area (Å²) in [4.78, 5) is 41.6. The Morgan fingerprint density at radius 1 is 0.938 bits per heavy atom. The average Bonchev–Trinajstić information content (AvgIpc) is 3.03. The number of esters is 1. The number of amides is 1. The normalized spacial score (nSPS) is 21.9. The number of carbonyl (C=O) groups is 2. The SMILES string of the molecule is COC(=O)[C@H](Cc1cccc2c(-c3c(C(F)(F)F)c4ccccc4n(C)c3=O)cccc12)NC(=O)C1(C)C2CC1CN(CC(F)(F)F)C2. The number of para-hydroxylation sites is 1. The molecule has 2 aliphatic rings. The van der Waals surface area contributed by atoms with Crippen molar-refractivity contribution >= 4 is 33.6 Å². The number of aromatic nitrogens is 1. The monoisotopic (exact) mass is 673 g/mol. The Morgan fingerprint density at radius 2 is 1.56 bits per heavy atom. The minimum absolute atomic E-state index is 0.0601. The molecule has 1 aliphatic carbocycles. The van der Waals surface area contributed by atoms with Crippen molar-refractivity contribution in [3.63, 3.8) is 0 Å². The van der Waals surface area contributed by atoms with E-state index in [0.717, 1.165) is 7.11 Å². The Labute approximate surface area is 271 Å². The fraction of sp³-hybridized carbons (Fsp3) is 0.400. The predicted octanol–water partition coefficient (Wildman–Crippen LogP) is 6.10. The summed E-state index contributed by atoms with van der Waals surface area (Å²) in [5, 5.41) is 3.45. The van der Waals surface area contributed by atoms with Crippen LogP contribution in [-0.2, 0) is 34.0 Å². The van der Waals surface area contributed by atoms with Crippen LogP contribution in [0.4, 0.5) is 26.3 Å². The molecule has 7 nitrogen and oxygen atoms in total. The van der Waals surface area contributed by atoms with E-state index in [9.17, 15) is 40.7 Å². The van der Waals surface area contributed by atoms with Crippen LogP contribution < -0.4 is 10.9 Å². The van der Waals surface area contributed by atoms with Crippen LogP contribution in [0.1, 0.15) is 24.5 Å². The molecule has 1 N–H and O–H groups in total. The fourth-order valence-electron chi connectivity index (χ4n) is 7.67. The van der Waals surface area contributed by atoms with E-state index in [-0.39, 0.29) is 47.8 Å². The van der Waals surface area contributed by atoms with Crippen LogP contribution in [0.2, 0.25) is 0 Å². The van der Waals surface area contributed by atoms with Crippen LogP contribution >= 0.6 is 0 Å². The lowest BCUT2D eigenvalue weighted by molar-refractivity contribution is -0.188. The van der Waals surface area contributed by atoms with Gasteiger partial charge in [0.2, 0.25) is 5.91 Å². The van der Waals surface area contributed by atoms with E-state index < -0.39 is 58.9 Å². The van der Waals surface area contributed by atoms with Gasteiger partial charge in [0.1, 0.15) is 6.04 Å². The molecule has 0 spiro atoms. The fourth-order valence-corrected chi connectivity index (χ4v) is 7.67. The summed E-state index contributed by atoms with van der Waals surface area (Å²) in [6, 6.07) is 14.1. The zero-order valence-electron chi connectivity index (χ0n) is 26.3. The van der Waals surface area contributed by atoms with Crippen LogP contribution in [0.25, 0.3) is 32.8 Å². The average molecular weight is 674 g/mol. The maximum atomic E-state index is 14.7. The predicted molar refractivity (Wildman–Crippen MR) is 167 cm³/mol. The van der Waals surface area contributed by atoms with E-state index >= 15 is 0 Å². The summed E-state index contributed by atoms with van der Waals surface area (Å²) < 4.78 is 89.3. The van der Waals surface area contributed by atoms with Gasteiger partial charge in [0, 0.05) is 31.9 Å². The lowest BCUT2D eigenvalue weighted by atomic mass is 9.50. The maximum absolute atomic E-state index is 14.7. The van der Waals surface area contributed by atoms with E-state index in [1.165, 1.54) is 46.8 Å². The van der Waals surface area contributed by atoms with Gasteiger partial charge in [0.05, 0.1) is 35.7 Å². The molecule has 1 aliphatic heterocycles. The number of likely N-dealkylation sites (tertiary alicyclic amines) is 1. The highest BCUT2D eigenvalue weighted by Crippen LogP contribution is 2.55. The molecule has 48 heavy (non-hydrogen) atoms. The van der Waals surface area contributed by atoms with Crippen LogP contribution in [0.3, 0.4) is 0 Å². The van der Waals surface area contributed by atoms with Crippen LogP contribution in [-0.4, -0.2) is 60.3 Å². The van der Waals surface area contributed by atoms with Crippen LogP contribution in [0.15, 0.2) is 65.5 Å². The van der Waals surface area contributed by atoms with Crippen molar-refractivity contribution in [2.24, 2.45) is 24.3 Å². The van der Waals surface area contributed by atoms with E-state index in [1.54, 1.807) is 37.3 Å². The van der Waals surface area contributed by atoms with Gasteiger partial charge < -0.3 is 14.6 Å². The van der Waals surface area contributed by atoms with Crippen LogP contribution in [0, 0.1) is 17.3 Å². The van der Waals surface area contributed by atoms with Crippen molar-refractivity contribution in [1.82, 2.24) is 14.8 Å². The molecule has 0 radical (unpaired) electrons. The number of methoxy groups -OCH3 is 1. The van der Waals surface area contributed by atoms with Gasteiger partial charge in [-0.1, -0.05) is 61.5 Å². The van der Waals surface area contributed by atoms with Gasteiger partial charge in [-0.05, 0) is 46.2 Å². The minimum Gasteiger partial charge on any atom is -0.467 e. The lowest BCUT2D eigenvalue weighted by Gasteiger charge is -2.59. The Hall–Kier alpha value is -4.39. The Balaban J connectivity index is 1.36. The molecule has 2 unspecified atom stereocenters.